The molecule has 0 radical (unpaired) electrons. The minimum atomic E-state index is 0. The van der Waals surface area contributed by atoms with Crippen LogP contribution >= 0.6 is 37.2 Å². The summed E-state index contributed by atoms with van der Waals surface area (Å²) in [6, 6.07) is 5.68. The third kappa shape index (κ3) is 4.18. The molecule has 0 fully saturated rings. The molecule has 0 unspecified atom stereocenters. The largest absolute Gasteiger partial charge is 0.460 e. The first-order chi connectivity index (χ1) is 9.38. The van der Waals surface area contributed by atoms with Crippen molar-refractivity contribution in [3.05, 3.63) is 55.1 Å². The number of hydrogen-bond acceptors (Lipinski definition) is 5. The Kier molecular flexibility index (Phi) is 8.67. The minimum Gasteiger partial charge on any atom is -0.460 e. The third-order valence-electron chi connectivity index (χ3n) is 2.82. The van der Waals surface area contributed by atoms with Gasteiger partial charge in [0.25, 0.3) is 0 Å². The van der Waals surface area contributed by atoms with E-state index in [0.717, 1.165) is 28.2 Å². The molecule has 2 N–H and O–H groups in total. The summed E-state index contributed by atoms with van der Waals surface area (Å²) in [4.78, 5) is 12.2. The maximum Gasteiger partial charge on any atom is 0.136 e. The summed E-state index contributed by atoms with van der Waals surface area (Å²) in [6.07, 6.45) is 8.53. The molecule has 0 aromatic carbocycles. The zero-order valence-corrected chi connectivity index (χ0v) is 13.8. The number of nitrogens with two attached hydrogens (primary N) is 1. The average Bonchev–Trinajstić information content (AvgIpc) is 2.97. The predicted octanol–water partition coefficient (Wildman–Crippen LogP) is 3.52. The Balaban J connectivity index is 0.00000147. The molecule has 3 heterocycles. The highest BCUT2D eigenvalue weighted by molar-refractivity contribution is 5.86. The lowest BCUT2D eigenvalue weighted by atomic mass is 10.0. The van der Waals surface area contributed by atoms with Gasteiger partial charge in [-0.05, 0) is 23.8 Å². The van der Waals surface area contributed by atoms with Gasteiger partial charge < -0.3 is 10.2 Å². The summed E-state index contributed by atoms with van der Waals surface area (Å²) < 4.78 is 5.68. The molecule has 0 atom stereocenters. The molecule has 0 saturated heterocycles. The number of halogens is 3. The Labute approximate surface area is 146 Å². The minimum absolute atomic E-state index is 0. The van der Waals surface area contributed by atoms with Gasteiger partial charge in [0.2, 0.25) is 0 Å². The predicted molar refractivity (Wildman–Crippen MR) is 92.6 cm³/mol. The highest BCUT2D eigenvalue weighted by atomic mass is 35.5. The SMILES string of the molecule is Cl.Cl.Cl.NCc1ccc(-c2cnccc2-c2cncnc2)o1. The van der Waals surface area contributed by atoms with Gasteiger partial charge in [-0.15, -0.1) is 37.2 Å². The van der Waals surface area contributed by atoms with Gasteiger partial charge in [-0.3, -0.25) is 4.98 Å². The van der Waals surface area contributed by atoms with Gasteiger partial charge in [-0.2, -0.15) is 0 Å². The first kappa shape index (κ1) is 20.3. The first-order valence-corrected chi connectivity index (χ1v) is 5.87. The quantitative estimate of drug-likeness (QED) is 0.772. The molecule has 8 heteroatoms. The second kappa shape index (κ2) is 9.38. The van der Waals surface area contributed by atoms with Crippen LogP contribution in [0.5, 0.6) is 0 Å². The Bertz CT molecular complexity index is 691. The highest BCUT2D eigenvalue weighted by Crippen LogP contribution is 2.31. The molecule has 22 heavy (non-hydrogen) atoms. The Morgan fingerprint density at radius 1 is 0.864 bits per heavy atom. The van der Waals surface area contributed by atoms with E-state index in [9.17, 15) is 0 Å². The van der Waals surface area contributed by atoms with E-state index < -0.39 is 0 Å². The standard InChI is InChI=1S/C14H12N4O.3ClH/c15-5-11-1-2-14(19-11)13-8-16-4-3-12(13)10-6-17-9-18-7-10;;;/h1-4,6-9H,5,15H2;3*1H. The average molecular weight is 362 g/mol. The molecule has 0 aliphatic carbocycles. The number of rotatable bonds is 3. The molecule has 0 saturated carbocycles. The fourth-order valence-corrected chi connectivity index (χ4v) is 1.91. The van der Waals surface area contributed by atoms with Crippen molar-refractivity contribution in [3.8, 4) is 22.5 Å². The Morgan fingerprint density at radius 2 is 1.59 bits per heavy atom. The van der Waals surface area contributed by atoms with Gasteiger partial charge in [-0.1, -0.05) is 0 Å². The van der Waals surface area contributed by atoms with Crippen molar-refractivity contribution in [2.45, 2.75) is 6.54 Å². The fourth-order valence-electron chi connectivity index (χ4n) is 1.91. The van der Waals surface area contributed by atoms with Gasteiger partial charge in [0.1, 0.15) is 17.8 Å². The summed E-state index contributed by atoms with van der Waals surface area (Å²) in [5.41, 5.74) is 8.36. The van der Waals surface area contributed by atoms with E-state index in [1.54, 1.807) is 24.8 Å². The third-order valence-corrected chi connectivity index (χ3v) is 2.82. The molecule has 0 amide bonds. The second-order valence-electron chi connectivity index (χ2n) is 4.02. The number of nitrogens with zero attached hydrogens (tertiary/aromatic N) is 3. The van der Waals surface area contributed by atoms with Crippen molar-refractivity contribution in [1.82, 2.24) is 15.0 Å². The van der Waals surface area contributed by atoms with Crippen LogP contribution in [0.3, 0.4) is 0 Å². The van der Waals surface area contributed by atoms with Crippen molar-refractivity contribution >= 4 is 37.2 Å². The van der Waals surface area contributed by atoms with Crippen LogP contribution < -0.4 is 5.73 Å². The van der Waals surface area contributed by atoms with E-state index in [2.05, 4.69) is 15.0 Å². The van der Waals surface area contributed by atoms with Gasteiger partial charge >= 0.3 is 0 Å². The lowest BCUT2D eigenvalue weighted by Crippen LogP contribution is -1.92. The van der Waals surface area contributed by atoms with Crippen LogP contribution in [-0.2, 0) is 6.54 Å². The van der Waals surface area contributed by atoms with Crippen LogP contribution in [0.4, 0.5) is 0 Å². The summed E-state index contributed by atoms with van der Waals surface area (Å²) >= 11 is 0. The summed E-state index contributed by atoms with van der Waals surface area (Å²) in [6.45, 7) is 0.379. The summed E-state index contributed by atoms with van der Waals surface area (Å²) in [5.74, 6) is 1.49. The van der Waals surface area contributed by atoms with Crippen LogP contribution in [0.25, 0.3) is 22.5 Å². The van der Waals surface area contributed by atoms with Crippen LogP contribution in [0, 0.1) is 0 Å². The summed E-state index contributed by atoms with van der Waals surface area (Å²) in [7, 11) is 0. The van der Waals surface area contributed by atoms with Crippen LogP contribution in [0.15, 0.2) is 53.7 Å². The molecular weight excluding hydrogens is 347 g/mol. The molecule has 5 nitrogen and oxygen atoms in total. The van der Waals surface area contributed by atoms with Gasteiger partial charge in [0, 0.05) is 35.9 Å². The molecule has 3 aromatic heterocycles. The zero-order valence-electron chi connectivity index (χ0n) is 11.4. The second-order valence-corrected chi connectivity index (χ2v) is 4.02. The topological polar surface area (TPSA) is 77.8 Å². The number of hydrogen-bond donors (Lipinski definition) is 1. The molecular formula is C14H15Cl3N4O. The van der Waals surface area contributed by atoms with Crippen molar-refractivity contribution in [2.24, 2.45) is 5.73 Å². The van der Waals surface area contributed by atoms with Crippen molar-refractivity contribution in [2.75, 3.05) is 0 Å². The van der Waals surface area contributed by atoms with Crippen LogP contribution in [0.1, 0.15) is 5.76 Å². The van der Waals surface area contributed by atoms with Crippen LogP contribution in [0.2, 0.25) is 0 Å². The molecule has 118 valence electrons. The zero-order chi connectivity index (χ0) is 13.1. The molecule has 3 aromatic rings. The Morgan fingerprint density at radius 3 is 2.23 bits per heavy atom. The maximum atomic E-state index is 5.68. The van der Waals surface area contributed by atoms with Crippen molar-refractivity contribution in [3.63, 3.8) is 0 Å². The van der Waals surface area contributed by atoms with Crippen LogP contribution in [-0.4, -0.2) is 15.0 Å². The smallest absolute Gasteiger partial charge is 0.136 e. The lowest BCUT2D eigenvalue weighted by Gasteiger charge is -2.05. The number of pyridine rings is 1. The van der Waals surface area contributed by atoms with E-state index in [4.69, 9.17) is 10.2 Å². The lowest BCUT2D eigenvalue weighted by molar-refractivity contribution is 0.525. The van der Waals surface area contributed by atoms with Gasteiger partial charge in [0.15, 0.2) is 0 Å². The molecule has 3 rings (SSSR count). The molecule has 0 bridgehead atoms. The fraction of sp³-hybridized carbons (Fsp3) is 0.0714. The van der Waals surface area contributed by atoms with Gasteiger partial charge in [0.05, 0.1) is 6.54 Å². The van der Waals surface area contributed by atoms with Crippen molar-refractivity contribution < 1.29 is 4.42 Å². The molecule has 0 spiro atoms. The van der Waals surface area contributed by atoms with Gasteiger partial charge in [-0.25, -0.2) is 9.97 Å². The number of furan rings is 1. The van der Waals surface area contributed by atoms with E-state index in [1.165, 1.54) is 6.33 Å². The normalized spacial score (nSPS) is 9.14. The maximum absolute atomic E-state index is 5.68. The Hall–Kier alpha value is -1.66. The van der Waals surface area contributed by atoms with E-state index in [-0.39, 0.29) is 37.2 Å². The first-order valence-electron chi connectivity index (χ1n) is 5.87. The monoisotopic (exact) mass is 360 g/mol. The molecule has 0 aliphatic heterocycles. The highest BCUT2D eigenvalue weighted by Gasteiger charge is 2.11. The van der Waals surface area contributed by atoms with Crippen molar-refractivity contribution in [1.29, 1.82) is 0 Å². The van der Waals surface area contributed by atoms with E-state index >= 15 is 0 Å². The molecule has 0 aliphatic rings. The number of aromatic nitrogens is 3. The van der Waals surface area contributed by atoms with E-state index in [1.807, 2.05) is 18.2 Å². The summed E-state index contributed by atoms with van der Waals surface area (Å²) in [5, 5.41) is 0. The van der Waals surface area contributed by atoms with E-state index in [0.29, 0.717) is 6.54 Å².